The molecule has 0 fully saturated rings. The summed E-state index contributed by atoms with van der Waals surface area (Å²) in [4.78, 5) is 18.9. The Morgan fingerprint density at radius 1 is 0.971 bits per heavy atom. The van der Waals surface area contributed by atoms with E-state index in [1.165, 1.54) is 0 Å². The average molecular weight is 469 g/mol. The maximum atomic E-state index is 13.8. The minimum atomic E-state index is -0.234. The lowest BCUT2D eigenvalue weighted by molar-refractivity contribution is 0.194. The molecule has 0 spiro atoms. The fraction of sp³-hybridized carbons (Fsp3) is 0.179. The number of fused-ring (bicyclic) bond motifs is 3. The Morgan fingerprint density at radius 3 is 2.53 bits per heavy atom. The molecule has 1 N–H and O–H groups in total. The number of benzene rings is 3. The Balaban J connectivity index is 1.60. The van der Waals surface area contributed by atoms with Gasteiger partial charge >= 0.3 is 6.03 Å². The molecule has 1 aliphatic rings. The normalized spacial score (nSPS) is 14.7. The van der Waals surface area contributed by atoms with Crippen LogP contribution < -0.4 is 10.2 Å². The number of nitrogens with zero attached hydrogens (tertiary/aromatic N) is 3. The first-order valence-corrected chi connectivity index (χ1v) is 12.5. The zero-order valence-corrected chi connectivity index (χ0v) is 20.4. The zero-order valence-electron chi connectivity index (χ0n) is 19.6. The predicted molar refractivity (Wildman–Crippen MR) is 141 cm³/mol. The van der Waals surface area contributed by atoms with Gasteiger partial charge in [-0.05, 0) is 65.9 Å². The van der Waals surface area contributed by atoms with E-state index < -0.39 is 0 Å². The Kier molecular flexibility index (Phi) is 6.07. The number of anilines is 2. The summed E-state index contributed by atoms with van der Waals surface area (Å²) in [5.74, 6) is 0. The fourth-order valence-electron chi connectivity index (χ4n) is 4.54. The number of hydrogen-bond donors (Lipinski definition) is 1. The number of thioether (sulfide) groups is 1. The summed E-state index contributed by atoms with van der Waals surface area (Å²) in [6, 6.07) is 28.6. The zero-order chi connectivity index (χ0) is 23.7. The van der Waals surface area contributed by atoms with Crippen LogP contribution in [0.3, 0.4) is 0 Å². The first-order valence-electron chi connectivity index (χ1n) is 11.3. The van der Waals surface area contributed by atoms with Crippen molar-refractivity contribution in [2.24, 2.45) is 0 Å². The Morgan fingerprint density at radius 2 is 1.76 bits per heavy atom. The molecule has 3 aromatic carbocycles. The van der Waals surface area contributed by atoms with Gasteiger partial charge in [-0.2, -0.15) is 0 Å². The van der Waals surface area contributed by atoms with Crippen molar-refractivity contribution in [1.29, 1.82) is 0 Å². The molecular formula is C28H28N4OS. The van der Waals surface area contributed by atoms with E-state index in [1.54, 1.807) is 11.8 Å². The molecule has 1 aliphatic heterocycles. The van der Waals surface area contributed by atoms with Crippen LogP contribution in [0.25, 0.3) is 5.69 Å². The van der Waals surface area contributed by atoms with Crippen LogP contribution in [0.4, 0.5) is 16.2 Å². The Bertz CT molecular complexity index is 1310. The van der Waals surface area contributed by atoms with Crippen LogP contribution in [-0.2, 0) is 6.54 Å². The van der Waals surface area contributed by atoms with Gasteiger partial charge in [0.2, 0.25) is 0 Å². The Hall–Kier alpha value is -3.64. The highest BCUT2D eigenvalue weighted by atomic mass is 32.2. The van der Waals surface area contributed by atoms with E-state index in [9.17, 15) is 4.79 Å². The van der Waals surface area contributed by atoms with Gasteiger partial charge in [-0.15, -0.1) is 11.8 Å². The smallest absolute Gasteiger partial charge is 0.322 e. The van der Waals surface area contributed by atoms with Crippen LogP contribution >= 0.6 is 11.8 Å². The standard InChI is InChI=1S/C28H28N4OS/c1-30(2)23-15-13-20(14-16-23)27-26-12-7-17-31(26)25-11-5-4-8-21(25)19-32(27)28(33)29-22-9-6-10-24(18-22)34-3/h4-18,27H,19H2,1-3H3,(H,29,33). The van der Waals surface area contributed by atoms with Crippen LogP contribution in [0.2, 0.25) is 0 Å². The third-order valence-corrected chi connectivity index (χ3v) is 7.00. The number of urea groups is 1. The number of nitrogens with one attached hydrogen (secondary N) is 1. The number of aromatic nitrogens is 1. The number of hydrogen-bond acceptors (Lipinski definition) is 3. The van der Waals surface area contributed by atoms with E-state index >= 15 is 0 Å². The van der Waals surface area contributed by atoms with E-state index in [4.69, 9.17) is 0 Å². The number of rotatable bonds is 4. The van der Waals surface area contributed by atoms with Gasteiger partial charge in [0.25, 0.3) is 0 Å². The molecule has 2 amide bonds. The molecule has 4 aromatic rings. The molecule has 6 heteroatoms. The molecule has 1 atom stereocenters. The second kappa shape index (κ2) is 9.31. The van der Waals surface area contributed by atoms with Crippen molar-refractivity contribution >= 4 is 29.2 Å². The van der Waals surface area contributed by atoms with Crippen LogP contribution in [0.15, 0.2) is 96.0 Å². The largest absolute Gasteiger partial charge is 0.378 e. The lowest BCUT2D eigenvalue weighted by Gasteiger charge is -2.31. The summed E-state index contributed by atoms with van der Waals surface area (Å²) in [5.41, 5.74) is 6.28. The molecular weight excluding hydrogens is 440 g/mol. The van der Waals surface area contributed by atoms with E-state index in [0.29, 0.717) is 6.54 Å². The topological polar surface area (TPSA) is 40.5 Å². The summed E-state index contributed by atoms with van der Waals surface area (Å²) < 4.78 is 2.21. The van der Waals surface area contributed by atoms with Crippen LogP contribution in [0.1, 0.15) is 22.9 Å². The molecule has 34 heavy (non-hydrogen) atoms. The minimum absolute atomic E-state index is 0.121. The molecule has 1 aromatic heterocycles. The van der Waals surface area contributed by atoms with Gasteiger partial charge in [-0.25, -0.2) is 4.79 Å². The third kappa shape index (κ3) is 4.17. The molecule has 0 radical (unpaired) electrons. The molecule has 0 saturated carbocycles. The quantitative estimate of drug-likeness (QED) is 0.352. The van der Waals surface area contributed by atoms with Gasteiger partial charge in [0.15, 0.2) is 0 Å². The van der Waals surface area contributed by atoms with E-state index in [1.807, 2.05) is 61.6 Å². The van der Waals surface area contributed by atoms with Crippen molar-refractivity contribution in [3.63, 3.8) is 0 Å². The van der Waals surface area contributed by atoms with E-state index in [-0.39, 0.29) is 12.1 Å². The van der Waals surface area contributed by atoms with Gasteiger partial charge in [0.05, 0.1) is 18.3 Å². The summed E-state index contributed by atoms with van der Waals surface area (Å²) in [5, 5.41) is 3.15. The SMILES string of the molecule is CSc1cccc(NC(=O)N2Cc3ccccc3-n3cccc3C2c2ccc(N(C)C)cc2)c1. The number of para-hydroxylation sites is 1. The minimum Gasteiger partial charge on any atom is -0.378 e. The van der Waals surface area contributed by atoms with Crippen molar-refractivity contribution in [3.05, 3.63) is 108 Å². The van der Waals surface area contributed by atoms with E-state index in [0.717, 1.165) is 38.8 Å². The van der Waals surface area contributed by atoms with Gasteiger partial charge in [-0.1, -0.05) is 36.4 Å². The maximum absolute atomic E-state index is 13.8. The van der Waals surface area contributed by atoms with Gasteiger partial charge in [0, 0.05) is 42.3 Å². The van der Waals surface area contributed by atoms with Crippen LogP contribution in [0, 0.1) is 0 Å². The number of carbonyl (C=O) groups excluding carboxylic acids is 1. The van der Waals surface area contributed by atoms with Crippen molar-refractivity contribution in [3.8, 4) is 5.69 Å². The van der Waals surface area contributed by atoms with Crippen molar-refractivity contribution in [1.82, 2.24) is 9.47 Å². The highest BCUT2D eigenvalue weighted by Gasteiger charge is 2.33. The highest BCUT2D eigenvalue weighted by molar-refractivity contribution is 7.98. The summed E-state index contributed by atoms with van der Waals surface area (Å²) in [7, 11) is 4.07. The second-order valence-electron chi connectivity index (χ2n) is 8.61. The molecule has 2 heterocycles. The summed E-state index contributed by atoms with van der Waals surface area (Å²) >= 11 is 1.66. The molecule has 5 rings (SSSR count). The van der Waals surface area contributed by atoms with Crippen molar-refractivity contribution < 1.29 is 4.79 Å². The molecule has 5 nitrogen and oxygen atoms in total. The molecule has 1 unspecified atom stereocenters. The van der Waals surface area contributed by atoms with Gasteiger partial charge < -0.3 is 19.7 Å². The first kappa shape index (κ1) is 22.2. The molecule has 172 valence electrons. The molecule has 0 aliphatic carbocycles. The summed E-state index contributed by atoms with van der Waals surface area (Å²) in [6.45, 7) is 0.506. The first-order chi connectivity index (χ1) is 16.5. The summed E-state index contributed by atoms with van der Waals surface area (Å²) in [6.07, 6.45) is 4.12. The number of amides is 2. The van der Waals surface area contributed by atoms with Crippen molar-refractivity contribution in [2.45, 2.75) is 17.5 Å². The van der Waals surface area contributed by atoms with Crippen molar-refractivity contribution in [2.75, 3.05) is 30.6 Å². The molecule has 0 bridgehead atoms. The number of carbonyl (C=O) groups is 1. The van der Waals surface area contributed by atoms with Gasteiger partial charge in [0.1, 0.15) is 0 Å². The van der Waals surface area contributed by atoms with Crippen LogP contribution in [0.5, 0.6) is 0 Å². The maximum Gasteiger partial charge on any atom is 0.322 e. The second-order valence-corrected chi connectivity index (χ2v) is 9.49. The lowest BCUT2D eigenvalue weighted by atomic mass is 10.0. The predicted octanol–water partition coefficient (Wildman–Crippen LogP) is 6.40. The monoisotopic (exact) mass is 468 g/mol. The molecule has 0 saturated heterocycles. The van der Waals surface area contributed by atoms with Gasteiger partial charge in [-0.3, -0.25) is 0 Å². The van der Waals surface area contributed by atoms with E-state index in [2.05, 4.69) is 69.5 Å². The van der Waals surface area contributed by atoms with Crippen LogP contribution in [-0.4, -0.2) is 35.8 Å². The highest BCUT2D eigenvalue weighted by Crippen LogP contribution is 2.37. The lowest BCUT2D eigenvalue weighted by Crippen LogP contribution is -2.37. The fourth-order valence-corrected chi connectivity index (χ4v) is 5.00. The third-order valence-electron chi connectivity index (χ3n) is 6.27. The average Bonchev–Trinajstić information content (AvgIpc) is 3.28. The Labute approximate surface area is 205 Å².